The maximum Gasteiger partial charge on any atom is 0.258 e. The van der Waals surface area contributed by atoms with Gasteiger partial charge in [0.15, 0.2) is 5.78 Å². The lowest BCUT2D eigenvalue weighted by molar-refractivity contribution is 0.0950. The highest BCUT2D eigenvalue weighted by atomic mass is 28.4. The zero-order valence-electron chi connectivity index (χ0n) is 17.7. The van der Waals surface area contributed by atoms with Gasteiger partial charge in [-0.25, -0.2) is 0 Å². The van der Waals surface area contributed by atoms with E-state index in [1.807, 2.05) is 24.3 Å². The largest absolute Gasteiger partial charge is 0.543 e. The normalized spacial score (nSPS) is 16.5. The van der Waals surface area contributed by atoms with Gasteiger partial charge in [-0.1, -0.05) is 73.6 Å². The summed E-state index contributed by atoms with van der Waals surface area (Å²) in [6.45, 7) is 13.8. The first-order valence-electron chi connectivity index (χ1n) is 10.6. The molecular formula is C23H38O2Si. The fourth-order valence-electron chi connectivity index (χ4n) is 5.04. The molecule has 0 amide bonds. The molecule has 0 spiro atoms. The van der Waals surface area contributed by atoms with E-state index < -0.39 is 8.32 Å². The topological polar surface area (TPSA) is 26.3 Å². The summed E-state index contributed by atoms with van der Waals surface area (Å²) in [7, 11) is -1.93. The summed E-state index contributed by atoms with van der Waals surface area (Å²) >= 11 is 0. The van der Waals surface area contributed by atoms with Crippen LogP contribution in [-0.4, -0.2) is 14.1 Å². The van der Waals surface area contributed by atoms with E-state index in [0.717, 1.165) is 11.3 Å². The van der Waals surface area contributed by atoms with E-state index in [1.165, 1.54) is 32.1 Å². The number of benzene rings is 1. The number of Topliss-reactive ketones (excluding diaryl/α,β-unsaturated/α-hetero) is 1. The van der Waals surface area contributed by atoms with Crippen molar-refractivity contribution in [1.82, 2.24) is 0 Å². The Morgan fingerprint density at radius 3 is 1.88 bits per heavy atom. The standard InChI is InChI=1S/C23H38O2Si/c1-17(2)26(18(3)4,19(5)6)25-22-14-12-21(13-15-22)23(24)16-20-10-8-7-9-11-20/h12-15,17-20H,7-11,16H2,1-6H3. The SMILES string of the molecule is CC(C)[Si](Oc1ccc(C(=O)CC2CCCCC2)cc1)(C(C)C)C(C)C. The smallest absolute Gasteiger partial charge is 0.258 e. The molecule has 1 aliphatic rings. The highest BCUT2D eigenvalue weighted by Gasteiger charge is 2.46. The zero-order valence-corrected chi connectivity index (χ0v) is 18.7. The van der Waals surface area contributed by atoms with Gasteiger partial charge in [-0.05, 0) is 46.8 Å². The summed E-state index contributed by atoms with van der Waals surface area (Å²) in [6.07, 6.45) is 7.07. The lowest BCUT2D eigenvalue weighted by Gasteiger charge is -2.42. The molecule has 0 aromatic heterocycles. The molecular weight excluding hydrogens is 336 g/mol. The molecule has 0 aliphatic heterocycles. The van der Waals surface area contributed by atoms with E-state index in [4.69, 9.17) is 4.43 Å². The molecule has 26 heavy (non-hydrogen) atoms. The summed E-state index contributed by atoms with van der Waals surface area (Å²) in [6, 6.07) is 7.98. The van der Waals surface area contributed by atoms with Crippen LogP contribution >= 0.6 is 0 Å². The van der Waals surface area contributed by atoms with Gasteiger partial charge in [-0.3, -0.25) is 4.79 Å². The first-order valence-corrected chi connectivity index (χ1v) is 12.7. The third-order valence-corrected chi connectivity index (χ3v) is 12.4. The summed E-state index contributed by atoms with van der Waals surface area (Å²) in [5, 5.41) is 0. The van der Waals surface area contributed by atoms with Crippen LogP contribution in [0.4, 0.5) is 0 Å². The van der Waals surface area contributed by atoms with Gasteiger partial charge in [0.25, 0.3) is 8.32 Å². The molecule has 1 saturated carbocycles. The number of carbonyl (C=O) groups is 1. The van der Waals surface area contributed by atoms with Gasteiger partial charge in [0.2, 0.25) is 0 Å². The van der Waals surface area contributed by atoms with Gasteiger partial charge >= 0.3 is 0 Å². The molecule has 3 heteroatoms. The predicted molar refractivity (Wildman–Crippen MR) is 114 cm³/mol. The van der Waals surface area contributed by atoms with Gasteiger partial charge in [0.1, 0.15) is 5.75 Å². The van der Waals surface area contributed by atoms with E-state index in [-0.39, 0.29) is 0 Å². The van der Waals surface area contributed by atoms with Crippen molar-refractivity contribution >= 4 is 14.1 Å². The molecule has 146 valence electrons. The Balaban J connectivity index is 2.09. The van der Waals surface area contributed by atoms with E-state index in [9.17, 15) is 4.79 Å². The average Bonchev–Trinajstić information content (AvgIpc) is 2.60. The molecule has 0 N–H and O–H groups in total. The number of ketones is 1. The van der Waals surface area contributed by atoms with Gasteiger partial charge in [0, 0.05) is 12.0 Å². The van der Waals surface area contributed by atoms with Gasteiger partial charge < -0.3 is 4.43 Å². The molecule has 0 heterocycles. The van der Waals surface area contributed by atoms with E-state index in [1.54, 1.807) is 0 Å². The van der Waals surface area contributed by atoms with Crippen LogP contribution in [0, 0.1) is 5.92 Å². The zero-order chi connectivity index (χ0) is 19.3. The first kappa shape index (κ1) is 21.2. The fourth-order valence-corrected chi connectivity index (χ4v) is 10.3. The van der Waals surface area contributed by atoms with Crippen molar-refractivity contribution in [1.29, 1.82) is 0 Å². The third kappa shape index (κ3) is 4.79. The van der Waals surface area contributed by atoms with Crippen molar-refractivity contribution in [2.75, 3.05) is 0 Å². The van der Waals surface area contributed by atoms with Crippen LogP contribution in [0.3, 0.4) is 0 Å². The number of carbonyl (C=O) groups excluding carboxylic acids is 1. The van der Waals surface area contributed by atoms with Crippen LogP contribution in [0.15, 0.2) is 24.3 Å². The number of hydrogen-bond donors (Lipinski definition) is 0. The molecule has 1 aromatic carbocycles. The van der Waals surface area contributed by atoms with Crippen molar-refractivity contribution in [2.24, 2.45) is 5.92 Å². The molecule has 1 fully saturated rings. The van der Waals surface area contributed by atoms with Crippen LogP contribution in [0.2, 0.25) is 16.6 Å². The third-order valence-electron chi connectivity index (χ3n) is 6.38. The van der Waals surface area contributed by atoms with Crippen LogP contribution in [0.1, 0.15) is 90.4 Å². The second-order valence-electron chi connectivity index (χ2n) is 9.08. The molecule has 2 rings (SSSR count). The Labute approximate surface area is 161 Å². The van der Waals surface area contributed by atoms with Gasteiger partial charge in [-0.15, -0.1) is 0 Å². The van der Waals surface area contributed by atoms with Crippen molar-refractivity contribution in [3.8, 4) is 5.75 Å². The molecule has 0 unspecified atom stereocenters. The maximum atomic E-state index is 12.6. The fraction of sp³-hybridized carbons (Fsp3) is 0.696. The minimum atomic E-state index is -1.93. The predicted octanol–water partition coefficient (Wildman–Crippen LogP) is 7.39. The van der Waals surface area contributed by atoms with Crippen molar-refractivity contribution in [3.05, 3.63) is 29.8 Å². The van der Waals surface area contributed by atoms with Gasteiger partial charge in [0.05, 0.1) is 0 Å². The van der Waals surface area contributed by atoms with Crippen molar-refractivity contribution in [3.63, 3.8) is 0 Å². The molecule has 2 nitrogen and oxygen atoms in total. The lowest BCUT2D eigenvalue weighted by atomic mass is 9.85. The molecule has 0 saturated heterocycles. The van der Waals surface area contributed by atoms with Crippen LogP contribution < -0.4 is 4.43 Å². The van der Waals surface area contributed by atoms with E-state index in [0.29, 0.717) is 34.7 Å². The van der Waals surface area contributed by atoms with Crippen LogP contribution in [0.25, 0.3) is 0 Å². The number of rotatable bonds is 8. The Morgan fingerprint density at radius 2 is 1.42 bits per heavy atom. The average molecular weight is 375 g/mol. The Hall–Kier alpha value is -1.09. The molecule has 0 atom stereocenters. The Morgan fingerprint density at radius 1 is 0.923 bits per heavy atom. The Bertz CT molecular complexity index is 547. The first-order chi connectivity index (χ1) is 12.3. The highest BCUT2D eigenvalue weighted by Crippen LogP contribution is 2.42. The van der Waals surface area contributed by atoms with E-state index in [2.05, 4.69) is 41.5 Å². The minimum Gasteiger partial charge on any atom is -0.543 e. The Kier molecular flexibility index (Phi) is 7.51. The van der Waals surface area contributed by atoms with Crippen molar-refractivity contribution in [2.45, 2.75) is 96.7 Å². The molecule has 1 aromatic rings. The second-order valence-corrected chi connectivity index (χ2v) is 14.5. The lowest BCUT2D eigenvalue weighted by Crippen LogP contribution is -2.50. The van der Waals surface area contributed by atoms with Crippen LogP contribution in [0.5, 0.6) is 5.75 Å². The van der Waals surface area contributed by atoms with Crippen molar-refractivity contribution < 1.29 is 9.22 Å². The quantitative estimate of drug-likeness (QED) is 0.350. The van der Waals surface area contributed by atoms with Crippen LogP contribution in [-0.2, 0) is 0 Å². The van der Waals surface area contributed by atoms with E-state index >= 15 is 0 Å². The number of hydrogen-bond acceptors (Lipinski definition) is 2. The minimum absolute atomic E-state index is 0.295. The maximum absolute atomic E-state index is 12.6. The summed E-state index contributed by atoms with van der Waals surface area (Å²) in [4.78, 5) is 12.6. The monoisotopic (exact) mass is 374 g/mol. The highest BCUT2D eigenvalue weighted by molar-refractivity contribution is 6.78. The second kappa shape index (κ2) is 9.21. The van der Waals surface area contributed by atoms with Gasteiger partial charge in [-0.2, -0.15) is 0 Å². The summed E-state index contributed by atoms with van der Waals surface area (Å²) in [5.74, 6) is 1.82. The molecule has 0 bridgehead atoms. The molecule has 1 aliphatic carbocycles. The summed E-state index contributed by atoms with van der Waals surface area (Å²) < 4.78 is 6.70. The summed E-state index contributed by atoms with van der Waals surface area (Å²) in [5.41, 5.74) is 2.49. The molecule has 0 radical (unpaired) electrons.